The Morgan fingerprint density at radius 2 is 2.05 bits per heavy atom. The number of rotatable bonds is 4. The van der Waals surface area contributed by atoms with Gasteiger partial charge in [-0.1, -0.05) is 6.92 Å². The molecule has 1 atom stereocenters. The molecule has 0 saturated carbocycles. The molecule has 0 radical (unpaired) electrons. The third kappa shape index (κ3) is 4.02. The number of β-amino-alcohol motifs (C(OH)–C–C–N with tert-alkyl or cyclic N) is 1. The zero-order valence-corrected chi connectivity index (χ0v) is 12.0. The van der Waals surface area contributed by atoms with Crippen molar-refractivity contribution in [2.75, 3.05) is 32.7 Å². The monoisotopic (exact) mass is 277 g/mol. The maximum atomic E-state index is 12.4. The minimum absolute atomic E-state index is 0.0743. The molecule has 5 heteroatoms. The highest BCUT2D eigenvalue weighted by Crippen LogP contribution is 2.09. The number of carbonyl (C=O) groups excluding carboxylic acids is 1. The number of aliphatic hydroxyl groups excluding tert-OH is 1. The quantitative estimate of drug-likeness (QED) is 0.892. The van der Waals surface area contributed by atoms with Crippen molar-refractivity contribution in [1.29, 1.82) is 0 Å². The van der Waals surface area contributed by atoms with Gasteiger partial charge in [-0.15, -0.1) is 0 Å². The molecule has 1 aromatic heterocycles. The largest absolute Gasteiger partial charge is 0.392 e. The van der Waals surface area contributed by atoms with Crippen LogP contribution in [0.5, 0.6) is 0 Å². The van der Waals surface area contributed by atoms with Gasteiger partial charge in [-0.05, 0) is 31.5 Å². The zero-order valence-electron chi connectivity index (χ0n) is 12.0. The summed E-state index contributed by atoms with van der Waals surface area (Å²) < 4.78 is 0. The first-order valence-corrected chi connectivity index (χ1v) is 7.30. The lowest BCUT2D eigenvalue weighted by Gasteiger charge is -2.23. The molecule has 1 fully saturated rings. The molecule has 1 aliphatic rings. The molecule has 0 aliphatic carbocycles. The Bertz CT molecular complexity index is 424. The van der Waals surface area contributed by atoms with Crippen molar-refractivity contribution in [3.63, 3.8) is 0 Å². The van der Waals surface area contributed by atoms with Gasteiger partial charge in [0, 0.05) is 44.1 Å². The lowest BCUT2D eigenvalue weighted by Crippen LogP contribution is -2.37. The van der Waals surface area contributed by atoms with Gasteiger partial charge in [-0.2, -0.15) is 0 Å². The van der Waals surface area contributed by atoms with Gasteiger partial charge in [0.2, 0.25) is 0 Å². The standard InChI is InChI=1S/C15H23N3O2/c1-2-14(19)12-17-8-3-9-18(11-10-17)15(20)13-4-6-16-7-5-13/h4-7,14,19H,2-3,8-12H2,1H3. The van der Waals surface area contributed by atoms with E-state index in [2.05, 4.69) is 9.88 Å². The summed E-state index contributed by atoms with van der Waals surface area (Å²) in [6, 6.07) is 3.51. The summed E-state index contributed by atoms with van der Waals surface area (Å²) in [5, 5.41) is 9.73. The van der Waals surface area contributed by atoms with Crippen LogP contribution in [0.2, 0.25) is 0 Å². The maximum Gasteiger partial charge on any atom is 0.254 e. The Kier molecular flexibility index (Phi) is 5.49. The van der Waals surface area contributed by atoms with Crippen LogP contribution in [0.3, 0.4) is 0 Å². The van der Waals surface area contributed by atoms with E-state index in [-0.39, 0.29) is 12.0 Å². The number of pyridine rings is 1. The Hall–Kier alpha value is -1.46. The molecule has 1 unspecified atom stereocenters. The molecule has 0 aromatic carbocycles. The van der Waals surface area contributed by atoms with Crippen LogP contribution in [0.25, 0.3) is 0 Å². The molecule has 2 heterocycles. The van der Waals surface area contributed by atoms with Crippen LogP contribution in [-0.2, 0) is 0 Å². The fourth-order valence-electron chi connectivity index (χ4n) is 2.46. The summed E-state index contributed by atoms with van der Waals surface area (Å²) in [6.45, 7) is 5.96. The fraction of sp³-hybridized carbons (Fsp3) is 0.600. The molecule has 20 heavy (non-hydrogen) atoms. The SMILES string of the molecule is CCC(O)CN1CCCN(C(=O)c2ccncc2)CC1. The summed E-state index contributed by atoms with van der Waals surface area (Å²) in [5.74, 6) is 0.0743. The second kappa shape index (κ2) is 7.36. The van der Waals surface area contributed by atoms with Gasteiger partial charge in [0.25, 0.3) is 5.91 Å². The van der Waals surface area contributed by atoms with Crippen LogP contribution in [0, 0.1) is 0 Å². The van der Waals surface area contributed by atoms with E-state index in [1.54, 1.807) is 24.5 Å². The van der Waals surface area contributed by atoms with Crippen LogP contribution in [0.15, 0.2) is 24.5 Å². The predicted octanol–water partition coefficient (Wildman–Crippen LogP) is 1.00. The third-order valence-corrected chi connectivity index (χ3v) is 3.74. The van der Waals surface area contributed by atoms with Crippen molar-refractivity contribution >= 4 is 5.91 Å². The van der Waals surface area contributed by atoms with Crippen molar-refractivity contribution in [2.24, 2.45) is 0 Å². The Morgan fingerprint density at radius 1 is 1.30 bits per heavy atom. The molecule has 5 nitrogen and oxygen atoms in total. The van der Waals surface area contributed by atoms with Crippen molar-refractivity contribution in [1.82, 2.24) is 14.8 Å². The Labute approximate surface area is 120 Å². The van der Waals surface area contributed by atoms with E-state index < -0.39 is 0 Å². The first kappa shape index (κ1) is 14.9. The summed E-state index contributed by atoms with van der Waals surface area (Å²) in [6.07, 6.45) is 4.75. The molecule has 110 valence electrons. The Morgan fingerprint density at radius 3 is 2.75 bits per heavy atom. The molecule has 1 aliphatic heterocycles. The molecule has 1 N–H and O–H groups in total. The molecular formula is C15H23N3O2. The Balaban J connectivity index is 1.91. The lowest BCUT2D eigenvalue weighted by atomic mass is 10.2. The van der Waals surface area contributed by atoms with Crippen molar-refractivity contribution in [2.45, 2.75) is 25.9 Å². The topological polar surface area (TPSA) is 56.7 Å². The predicted molar refractivity (Wildman–Crippen MR) is 77.5 cm³/mol. The molecule has 1 amide bonds. The minimum atomic E-state index is -0.266. The zero-order chi connectivity index (χ0) is 14.4. The number of hydrogen-bond donors (Lipinski definition) is 1. The van der Waals surface area contributed by atoms with E-state index in [1.807, 2.05) is 11.8 Å². The summed E-state index contributed by atoms with van der Waals surface area (Å²) in [7, 11) is 0. The fourth-order valence-corrected chi connectivity index (χ4v) is 2.46. The first-order chi connectivity index (χ1) is 9.70. The number of carbonyl (C=O) groups is 1. The number of hydrogen-bond acceptors (Lipinski definition) is 4. The molecular weight excluding hydrogens is 254 g/mol. The highest BCUT2D eigenvalue weighted by atomic mass is 16.3. The normalized spacial score (nSPS) is 18.6. The van der Waals surface area contributed by atoms with Gasteiger partial charge in [-0.25, -0.2) is 0 Å². The number of aliphatic hydroxyl groups is 1. The highest BCUT2D eigenvalue weighted by Gasteiger charge is 2.21. The van der Waals surface area contributed by atoms with Gasteiger partial charge in [0.05, 0.1) is 6.10 Å². The van der Waals surface area contributed by atoms with E-state index in [0.29, 0.717) is 12.1 Å². The average Bonchev–Trinajstić information content (AvgIpc) is 2.73. The lowest BCUT2D eigenvalue weighted by molar-refractivity contribution is 0.0754. The molecule has 1 saturated heterocycles. The van der Waals surface area contributed by atoms with Crippen molar-refractivity contribution < 1.29 is 9.90 Å². The van der Waals surface area contributed by atoms with E-state index >= 15 is 0 Å². The van der Waals surface area contributed by atoms with Crippen LogP contribution in [0.1, 0.15) is 30.1 Å². The van der Waals surface area contributed by atoms with Crippen molar-refractivity contribution in [3.05, 3.63) is 30.1 Å². The van der Waals surface area contributed by atoms with Crippen LogP contribution < -0.4 is 0 Å². The number of amides is 1. The van der Waals surface area contributed by atoms with Crippen molar-refractivity contribution in [3.8, 4) is 0 Å². The van der Waals surface area contributed by atoms with E-state index in [1.165, 1.54) is 0 Å². The van der Waals surface area contributed by atoms with Gasteiger partial charge in [0.15, 0.2) is 0 Å². The highest BCUT2D eigenvalue weighted by molar-refractivity contribution is 5.94. The molecule has 0 spiro atoms. The maximum absolute atomic E-state index is 12.4. The molecule has 0 bridgehead atoms. The van der Waals surface area contributed by atoms with Gasteiger partial charge in [0.1, 0.15) is 0 Å². The second-order valence-corrected chi connectivity index (χ2v) is 5.24. The van der Waals surface area contributed by atoms with E-state index in [9.17, 15) is 9.90 Å². The minimum Gasteiger partial charge on any atom is -0.392 e. The smallest absolute Gasteiger partial charge is 0.254 e. The second-order valence-electron chi connectivity index (χ2n) is 5.24. The summed E-state index contributed by atoms with van der Waals surface area (Å²) >= 11 is 0. The summed E-state index contributed by atoms with van der Waals surface area (Å²) in [4.78, 5) is 20.4. The summed E-state index contributed by atoms with van der Waals surface area (Å²) in [5.41, 5.74) is 0.696. The van der Waals surface area contributed by atoms with Gasteiger partial charge >= 0.3 is 0 Å². The van der Waals surface area contributed by atoms with Gasteiger partial charge < -0.3 is 10.0 Å². The number of nitrogens with zero attached hydrogens (tertiary/aromatic N) is 3. The molecule has 1 aromatic rings. The van der Waals surface area contributed by atoms with Gasteiger partial charge in [-0.3, -0.25) is 14.7 Å². The number of aromatic nitrogens is 1. The van der Waals surface area contributed by atoms with E-state index in [4.69, 9.17) is 0 Å². The third-order valence-electron chi connectivity index (χ3n) is 3.74. The molecule has 2 rings (SSSR count). The van der Waals surface area contributed by atoms with Crippen LogP contribution in [-0.4, -0.2) is 64.6 Å². The van der Waals surface area contributed by atoms with E-state index in [0.717, 1.165) is 39.0 Å². The van der Waals surface area contributed by atoms with Crippen LogP contribution in [0.4, 0.5) is 0 Å². The van der Waals surface area contributed by atoms with Crippen LogP contribution >= 0.6 is 0 Å². The average molecular weight is 277 g/mol. The first-order valence-electron chi connectivity index (χ1n) is 7.30.